The first-order chi connectivity index (χ1) is 13.3. The second kappa shape index (κ2) is 7.99. The fraction of sp³-hybridized carbons (Fsp3) is 0.263. The van der Waals surface area contributed by atoms with Crippen LogP contribution in [0.5, 0.6) is 5.75 Å². The van der Waals surface area contributed by atoms with E-state index in [2.05, 4.69) is 0 Å². The lowest BCUT2D eigenvalue weighted by atomic mass is 10.1. The van der Waals surface area contributed by atoms with Crippen LogP contribution in [0.1, 0.15) is 15.9 Å². The van der Waals surface area contributed by atoms with Crippen LogP contribution in [0.3, 0.4) is 0 Å². The maximum absolute atomic E-state index is 12.8. The number of rotatable bonds is 5. The van der Waals surface area contributed by atoms with E-state index in [0.29, 0.717) is 30.0 Å². The third-order valence-electron chi connectivity index (χ3n) is 4.67. The Labute approximate surface area is 164 Å². The molecule has 3 N–H and O–H groups in total. The minimum atomic E-state index is -3.61. The van der Waals surface area contributed by atoms with Crippen molar-refractivity contribution in [2.45, 2.75) is 4.90 Å². The van der Waals surface area contributed by atoms with Gasteiger partial charge in [-0.2, -0.15) is 4.31 Å². The highest BCUT2D eigenvalue weighted by Crippen LogP contribution is 2.21. The molecule has 8 nitrogen and oxygen atoms in total. The Bertz CT molecular complexity index is 964. The second-order valence-corrected chi connectivity index (χ2v) is 8.30. The highest BCUT2D eigenvalue weighted by atomic mass is 32.2. The molecule has 28 heavy (non-hydrogen) atoms. The number of hydrogen-bond acceptors (Lipinski definition) is 5. The summed E-state index contributed by atoms with van der Waals surface area (Å²) in [4.78, 5) is 14.5. The van der Waals surface area contributed by atoms with Crippen molar-refractivity contribution in [3.05, 3.63) is 59.7 Å². The van der Waals surface area contributed by atoms with Gasteiger partial charge in [0.25, 0.3) is 5.91 Å². The van der Waals surface area contributed by atoms with E-state index in [1.165, 1.54) is 23.5 Å². The van der Waals surface area contributed by atoms with Crippen LogP contribution in [-0.2, 0) is 10.0 Å². The lowest BCUT2D eigenvalue weighted by Gasteiger charge is -2.34. The fourth-order valence-corrected chi connectivity index (χ4v) is 4.43. The zero-order valence-electron chi connectivity index (χ0n) is 15.5. The Balaban J connectivity index is 1.66. The van der Waals surface area contributed by atoms with Gasteiger partial charge >= 0.3 is 0 Å². The largest absolute Gasteiger partial charge is 0.497 e. The summed E-state index contributed by atoms with van der Waals surface area (Å²) in [5.74, 6) is 0.359. The van der Waals surface area contributed by atoms with Crippen LogP contribution in [-0.4, -0.2) is 62.7 Å². The van der Waals surface area contributed by atoms with Crippen LogP contribution in [0.25, 0.3) is 0 Å². The van der Waals surface area contributed by atoms with Crippen molar-refractivity contribution in [1.29, 1.82) is 5.41 Å². The Morgan fingerprint density at radius 2 is 1.50 bits per heavy atom. The molecule has 2 aromatic rings. The molecule has 0 unspecified atom stereocenters. The number of amides is 1. The van der Waals surface area contributed by atoms with Gasteiger partial charge in [0.15, 0.2) is 0 Å². The summed E-state index contributed by atoms with van der Waals surface area (Å²) >= 11 is 0. The maximum atomic E-state index is 12.8. The molecule has 9 heteroatoms. The number of nitrogen functional groups attached to an aromatic ring is 1. The monoisotopic (exact) mass is 402 g/mol. The smallest absolute Gasteiger partial charge is 0.253 e. The van der Waals surface area contributed by atoms with Gasteiger partial charge < -0.3 is 15.4 Å². The van der Waals surface area contributed by atoms with Gasteiger partial charge in [-0.1, -0.05) is 12.1 Å². The van der Waals surface area contributed by atoms with Crippen molar-refractivity contribution in [3.8, 4) is 5.75 Å². The average Bonchev–Trinajstić information content (AvgIpc) is 2.73. The third kappa shape index (κ3) is 4.00. The molecular weight excluding hydrogens is 380 g/mol. The number of benzene rings is 2. The Morgan fingerprint density at radius 3 is 2.00 bits per heavy atom. The van der Waals surface area contributed by atoms with E-state index >= 15 is 0 Å². The van der Waals surface area contributed by atoms with Gasteiger partial charge in [-0.15, -0.1) is 0 Å². The van der Waals surface area contributed by atoms with Crippen molar-refractivity contribution < 1.29 is 17.9 Å². The minimum absolute atomic E-state index is 0.0589. The summed E-state index contributed by atoms with van der Waals surface area (Å²) < 4.78 is 32.0. The Hall–Kier alpha value is -2.91. The number of nitrogens with zero attached hydrogens (tertiary/aromatic N) is 2. The lowest BCUT2D eigenvalue weighted by molar-refractivity contribution is 0.0698. The van der Waals surface area contributed by atoms with Gasteiger partial charge in [-0.25, -0.2) is 8.42 Å². The summed E-state index contributed by atoms with van der Waals surface area (Å²) in [6.45, 7) is 1.07. The van der Waals surface area contributed by atoms with E-state index in [4.69, 9.17) is 15.9 Å². The van der Waals surface area contributed by atoms with Gasteiger partial charge in [0.05, 0.1) is 12.0 Å². The van der Waals surface area contributed by atoms with Crippen molar-refractivity contribution in [2.75, 3.05) is 33.3 Å². The first-order valence-corrected chi connectivity index (χ1v) is 10.1. The molecule has 0 aromatic heterocycles. The van der Waals surface area contributed by atoms with E-state index in [-0.39, 0.29) is 29.7 Å². The number of carbonyl (C=O) groups is 1. The molecule has 0 bridgehead atoms. The predicted octanol–water partition coefficient (Wildman–Crippen LogP) is 1.13. The van der Waals surface area contributed by atoms with E-state index in [1.807, 2.05) is 0 Å². The molecule has 1 aliphatic rings. The molecule has 1 saturated heterocycles. The van der Waals surface area contributed by atoms with E-state index in [1.54, 1.807) is 41.3 Å². The summed E-state index contributed by atoms with van der Waals surface area (Å²) in [5, 5.41) is 7.40. The summed E-state index contributed by atoms with van der Waals surface area (Å²) in [6, 6.07) is 12.7. The van der Waals surface area contributed by atoms with Gasteiger partial charge in [0.2, 0.25) is 10.0 Å². The molecule has 1 fully saturated rings. The molecule has 0 aliphatic carbocycles. The number of sulfonamides is 1. The van der Waals surface area contributed by atoms with Crippen molar-refractivity contribution in [3.63, 3.8) is 0 Å². The van der Waals surface area contributed by atoms with Crippen LogP contribution < -0.4 is 10.5 Å². The Morgan fingerprint density at radius 1 is 0.964 bits per heavy atom. The van der Waals surface area contributed by atoms with E-state index in [9.17, 15) is 13.2 Å². The highest BCUT2D eigenvalue weighted by molar-refractivity contribution is 7.89. The normalized spacial score (nSPS) is 15.2. The molecule has 148 valence electrons. The fourth-order valence-electron chi connectivity index (χ4n) is 3.00. The number of piperazine rings is 1. The van der Waals surface area contributed by atoms with Crippen LogP contribution in [0.15, 0.2) is 53.4 Å². The SMILES string of the molecule is COc1ccc(S(=O)(=O)N2CCN(C(=O)c3ccc(C(=N)N)cc3)CC2)cc1. The molecule has 1 heterocycles. The molecular formula is C19H22N4O4S. The number of carbonyl (C=O) groups excluding carboxylic acids is 1. The van der Waals surface area contributed by atoms with E-state index < -0.39 is 10.0 Å². The van der Waals surface area contributed by atoms with E-state index in [0.717, 1.165) is 0 Å². The first kappa shape index (κ1) is 19.8. The zero-order valence-corrected chi connectivity index (χ0v) is 16.3. The van der Waals surface area contributed by atoms with Gasteiger partial charge in [-0.3, -0.25) is 10.2 Å². The van der Waals surface area contributed by atoms with Crippen LogP contribution in [0, 0.1) is 5.41 Å². The minimum Gasteiger partial charge on any atom is -0.497 e. The molecule has 0 saturated carbocycles. The predicted molar refractivity (Wildman–Crippen MR) is 105 cm³/mol. The van der Waals surface area contributed by atoms with Gasteiger partial charge in [0, 0.05) is 37.3 Å². The molecule has 2 aromatic carbocycles. The highest BCUT2D eigenvalue weighted by Gasteiger charge is 2.30. The molecule has 0 atom stereocenters. The number of methoxy groups -OCH3 is 1. The van der Waals surface area contributed by atoms with Crippen molar-refractivity contribution in [1.82, 2.24) is 9.21 Å². The molecule has 0 radical (unpaired) electrons. The van der Waals surface area contributed by atoms with Crippen molar-refractivity contribution in [2.24, 2.45) is 5.73 Å². The number of nitrogens with two attached hydrogens (primary N) is 1. The zero-order chi connectivity index (χ0) is 20.3. The number of amidine groups is 1. The number of ether oxygens (including phenoxy) is 1. The molecule has 1 amide bonds. The summed E-state index contributed by atoms with van der Waals surface area (Å²) in [5.41, 5.74) is 6.45. The standard InChI is InChI=1S/C19H22N4O4S/c1-27-16-6-8-17(9-7-16)28(25,26)23-12-10-22(11-13-23)19(24)15-4-2-14(3-5-15)18(20)21/h2-9H,10-13H2,1H3,(H3,20,21). The quantitative estimate of drug-likeness (QED) is 0.574. The number of hydrogen-bond donors (Lipinski definition) is 2. The van der Waals surface area contributed by atoms with Gasteiger partial charge in [-0.05, 0) is 36.4 Å². The van der Waals surface area contributed by atoms with Crippen molar-refractivity contribution >= 4 is 21.8 Å². The van der Waals surface area contributed by atoms with Crippen LogP contribution >= 0.6 is 0 Å². The summed E-state index contributed by atoms with van der Waals surface area (Å²) in [7, 11) is -2.09. The first-order valence-electron chi connectivity index (χ1n) is 8.71. The van der Waals surface area contributed by atoms with Crippen LogP contribution in [0.4, 0.5) is 0 Å². The molecule has 0 spiro atoms. The molecule has 1 aliphatic heterocycles. The Kier molecular flexibility index (Phi) is 5.66. The van der Waals surface area contributed by atoms with Crippen LogP contribution in [0.2, 0.25) is 0 Å². The number of nitrogens with one attached hydrogen (secondary N) is 1. The maximum Gasteiger partial charge on any atom is 0.253 e. The lowest BCUT2D eigenvalue weighted by Crippen LogP contribution is -2.50. The topological polar surface area (TPSA) is 117 Å². The van der Waals surface area contributed by atoms with Gasteiger partial charge in [0.1, 0.15) is 11.6 Å². The second-order valence-electron chi connectivity index (χ2n) is 6.36. The molecule has 3 rings (SSSR count). The third-order valence-corrected chi connectivity index (χ3v) is 6.58. The summed E-state index contributed by atoms with van der Waals surface area (Å²) in [6.07, 6.45) is 0. The average molecular weight is 402 g/mol.